The average molecular weight is 460 g/mol. The fraction of sp³-hybridized carbons (Fsp3) is 0.174. The summed E-state index contributed by atoms with van der Waals surface area (Å²) in [6, 6.07) is 13.9. The second kappa shape index (κ2) is 9.18. The maximum absolute atomic E-state index is 14.3. The van der Waals surface area contributed by atoms with Crippen LogP contribution in [-0.4, -0.2) is 24.4 Å². The molecule has 0 aliphatic carbocycles. The second-order valence-corrected chi connectivity index (χ2v) is 9.11. The molecule has 0 aliphatic rings. The SMILES string of the molecule is CNCc1cn(S(=O)(=O)c2cccnc2)c2cc(Cc3ccc(C)cc3F)ccc12.Cl. The predicted octanol–water partition coefficient (Wildman–Crippen LogP) is 4.45. The highest BCUT2D eigenvalue weighted by Gasteiger charge is 2.21. The molecule has 4 rings (SSSR count). The molecule has 0 unspecified atom stereocenters. The molecule has 162 valence electrons. The zero-order chi connectivity index (χ0) is 21.3. The van der Waals surface area contributed by atoms with Gasteiger partial charge in [-0.15, -0.1) is 12.4 Å². The molecule has 0 aliphatic heterocycles. The first-order chi connectivity index (χ1) is 14.4. The van der Waals surface area contributed by atoms with Crippen LogP contribution in [0.3, 0.4) is 0 Å². The molecule has 0 amide bonds. The summed E-state index contributed by atoms with van der Waals surface area (Å²) in [5, 5.41) is 3.92. The summed E-state index contributed by atoms with van der Waals surface area (Å²) in [6.45, 7) is 2.37. The Morgan fingerprint density at radius 3 is 2.58 bits per heavy atom. The van der Waals surface area contributed by atoms with E-state index in [0.29, 0.717) is 24.0 Å². The van der Waals surface area contributed by atoms with Gasteiger partial charge in [0.25, 0.3) is 10.0 Å². The molecule has 0 fully saturated rings. The summed E-state index contributed by atoms with van der Waals surface area (Å²) in [4.78, 5) is 4.06. The Hall–Kier alpha value is -2.74. The minimum atomic E-state index is -3.81. The van der Waals surface area contributed by atoms with E-state index in [2.05, 4.69) is 10.3 Å². The Morgan fingerprint density at radius 2 is 1.90 bits per heavy atom. The van der Waals surface area contributed by atoms with E-state index >= 15 is 0 Å². The van der Waals surface area contributed by atoms with E-state index in [-0.39, 0.29) is 23.1 Å². The van der Waals surface area contributed by atoms with Crippen LogP contribution in [0.5, 0.6) is 0 Å². The molecule has 2 aromatic carbocycles. The molecular formula is C23H23ClFN3O2S. The molecule has 0 saturated carbocycles. The number of hydrogen-bond donors (Lipinski definition) is 1. The van der Waals surface area contributed by atoms with E-state index in [9.17, 15) is 12.8 Å². The summed E-state index contributed by atoms with van der Waals surface area (Å²) in [6.07, 6.45) is 4.89. The largest absolute Gasteiger partial charge is 0.316 e. The van der Waals surface area contributed by atoms with Gasteiger partial charge < -0.3 is 5.32 Å². The molecule has 0 atom stereocenters. The highest BCUT2D eigenvalue weighted by atomic mass is 35.5. The van der Waals surface area contributed by atoms with Gasteiger partial charge in [0.2, 0.25) is 0 Å². The third-order valence-corrected chi connectivity index (χ3v) is 6.74. The highest BCUT2D eigenvalue weighted by molar-refractivity contribution is 7.90. The van der Waals surface area contributed by atoms with Crippen molar-refractivity contribution in [2.45, 2.75) is 24.8 Å². The van der Waals surface area contributed by atoms with Crippen LogP contribution in [0.2, 0.25) is 0 Å². The molecule has 31 heavy (non-hydrogen) atoms. The number of rotatable bonds is 6. The molecule has 1 N–H and O–H groups in total. The van der Waals surface area contributed by atoms with Gasteiger partial charge in [-0.1, -0.05) is 24.3 Å². The van der Waals surface area contributed by atoms with Crippen LogP contribution < -0.4 is 5.32 Å². The van der Waals surface area contributed by atoms with Gasteiger partial charge in [0.05, 0.1) is 5.52 Å². The Morgan fingerprint density at radius 1 is 1.10 bits per heavy atom. The maximum Gasteiger partial charge on any atom is 0.269 e. The van der Waals surface area contributed by atoms with E-state index in [1.165, 1.54) is 28.5 Å². The maximum atomic E-state index is 14.3. The third-order valence-electron chi connectivity index (χ3n) is 5.08. The van der Waals surface area contributed by atoms with E-state index in [1.54, 1.807) is 18.3 Å². The Labute approximate surface area is 187 Å². The van der Waals surface area contributed by atoms with Crippen molar-refractivity contribution < 1.29 is 12.8 Å². The first-order valence-electron chi connectivity index (χ1n) is 9.58. The Balaban J connectivity index is 0.00000272. The van der Waals surface area contributed by atoms with Crippen LogP contribution in [0.25, 0.3) is 10.9 Å². The van der Waals surface area contributed by atoms with Crippen LogP contribution in [0, 0.1) is 12.7 Å². The number of hydrogen-bond acceptors (Lipinski definition) is 4. The monoisotopic (exact) mass is 459 g/mol. The summed E-state index contributed by atoms with van der Waals surface area (Å²) >= 11 is 0. The number of nitrogens with one attached hydrogen (secondary N) is 1. The van der Waals surface area contributed by atoms with Crippen molar-refractivity contribution in [2.75, 3.05) is 7.05 Å². The van der Waals surface area contributed by atoms with Crippen molar-refractivity contribution >= 4 is 33.3 Å². The summed E-state index contributed by atoms with van der Waals surface area (Å²) < 4.78 is 42.2. The van der Waals surface area contributed by atoms with Crippen molar-refractivity contribution in [3.05, 3.63) is 95.2 Å². The minimum Gasteiger partial charge on any atom is -0.316 e. The Bertz CT molecular complexity index is 1320. The van der Waals surface area contributed by atoms with Gasteiger partial charge in [-0.2, -0.15) is 0 Å². The predicted molar refractivity (Wildman–Crippen MR) is 123 cm³/mol. The van der Waals surface area contributed by atoms with E-state index in [1.807, 2.05) is 38.2 Å². The van der Waals surface area contributed by atoms with E-state index in [4.69, 9.17) is 0 Å². The Kier molecular flexibility index (Phi) is 6.79. The summed E-state index contributed by atoms with van der Waals surface area (Å²) in [7, 11) is -2.00. The number of halogens is 2. The second-order valence-electron chi connectivity index (χ2n) is 7.30. The standard InChI is InChI=1S/C23H22FN3O2S.ClH/c1-16-5-7-18(22(24)10-16)11-17-6-8-21-19(13-25-2)15-27(23(21)12-17)30(28,29)20-4-3-9-26-14-20;/h3-10,12,14-15,25H,11,13H2,1-2H3;1H. The number of aryl methyl sites for hydroxylation is 1. The molecule has 0 spiro atoms. The molecule has 8 heteroatoms. The van der Waals surface area contributed by atoms with Gasteiger partial charge in [-0.05, 0) is 60.5 Å². The molecule has 0 bridgehead atoms. The summed E-state index contributed by atoms with van der Waals surface area (Å²) in [5.74, 6) is -0.260. The van der Waals surface area contributed by atoms with Crippen molar-refractivity contribution in [1.82, 2.24) is 14.3 Å². The van der Waals surface area contributed by atoms with E-state index < -0.39 is 10.0 Å². The van der Waals surface area contributed by atoms with E-state index in [0.717, 1.165) is 22.1 Å². The smallest absolute Gasteiger partial charge is 0.269 e. The molecule has 5 nitrogen and oxygen atoms in total. The topological polar surface area (TPSA) is 64.0 Å². The normalized spacial score (nSPS) is 11.5. The molecule has 0 radical (unpaired) electrons. The summed E-state index contributed by atoms with van der Waals surface area (Å²) in [5.41, 5.74) is 3.70. The quantitative estimate of drug-likeness (QED) is 0.462. The lowest BCUT2D eigenvalue weighted by molar-refractivity contribution is 0.588. The van der Waals surface area contributed by atoms with Crippen LogP contribution in [0.1, 0.15) is 22.3 Å². The first kappa shape index (κ1) is 22.9. The lowest BCUT2D eigenvalue weighted by Crippen LogP contribution is -2.12. The average Bonchev–Trinajstić information content (AvgIpc) is 3.10. The minimum absolute atomic E-state index is 0. The van der Waals surface area contributed by atoms with Gasteiger partial charge >= 0.3 is 0 Å². The zero-order valence-electron chi connectivity index (χ0n) is 17.2. The number of benzene rings is 2. The number of pyridine rings is 1. The van der Waals surface area contributed by atoms with Crippen LogP contribution in [0.4, 0.5) is 4.39 Å². The van der Waals surface area contributed by atoms with Crippen molar-refractivity contribution in [1.29, 1.82) is 0 Å². The fourth-order valence-corrected chi connectivity index (χ4v) is 4.93. The molecule has 4 aromatic rings. The molecule has 2 heterocycles. The molecular weight excluding hydrogens is 437 g/mol. The molecule has 2 aromatic heterocycles. The van der Waals surface area contributed by atoms with Crippen molar-refractivity contribution in [3.63, 3.8) is 0 Å². The lowest BCUT2D eigenvalue weighted by Gasteiger charge is -2.09. The number of aromatic nitrogens is 2. The lowest BCUT2D eigenvalue weighted by atomic mass is 10.0. The van der Waals surface area contributed by atoms with Crippen molar-refractivity contribution in [2.24, 2.45) is 0 Å². The van der Waals surface area contributed by atoms with Crippen LogP contribution in [-0.2, 0) is 23.0 Å². The highest BCUT2D eigenvalue weighted by Crippen LogP contribution is 2.28. The van der Waals surface area contributed by atoms with Gasteiger partial charge in [0.1, 0.15) is 10.7 Å². The van der Waals surface area contributed by atoms with Gasteiger partial charge in [-0.25, -0.2) is 16.8 Å². The van der Waals surface area contributed by atoms with Gasteiger partial charge in [0.15, 0.2) is 0 Å². The fourth-order valence-electron chi connectivity index (χ4n) is 3.58. The third kappa shape index (κ3) is 4.49. The number of nitrogens with zero attached hydrogens (tertiary/aromatic N) is 2. The van der Waals surface area contributed by atoms with Gasteiger partial charge in [-0.3, -0.25) is 4.98 Å². The molecule has 0 saturated heterocycles. The first-order valence-corrected chi connectivity index (χ1v) is 11.0. The van der Waals surface area contributed by atoms with Crippen molar-refractivity contribution in [3.8, 4) is 0 Å². The van der Waals surface area contributed by atoms with Crippen LogP contribution >= 0.6 is 12.4 Å². The van der Waals surface area contributed by atoms with Crippen LogP contribution in [0.15, 0.2) is 72.0 Å². The number of fused-ring (bicyclic) bond motifs is 1. The zero-order valence-corrected chi connectivity index (χ0v) is 18.8. The van der Waals surface area contributed by atoms with Gasteiger partial charge in [0, 0.05) is 36.9 Å².